The van der Waals surface area contributed by atoms with Crippen LogP contribution in [0.5, 0.6) is 0 Å². The Morgan fingerprint density at radius 3 is 2.28 bits per heavy atom. The van der Waals surface area contributed by atoms with Crippen LogP contribution in [0.15, 0.2) is 36.4 Å². The normalized spacial score (nSPS) is 25.8. The van der Waals surface area contributed by atoms with Gasteiger partial charge in [0.15, 0.2) is 0 Å². The van der Waals surface area contributed by atoms with Crippen molar-refractivity contribution < 1.29 is 4.74 Å². The molecular formula is C17H15O. The summed E-state index contributed by atoms with van der Waals surface area (Å²) in [5, 5.41) is 5.39. The molecule has 0 saturated carbocycles. The van der Waals surface area contributed by atoms with Gasteiger partial charge in [-0.15, -0.1) is 0 Å². The molecule has 1 heteroatoms. The van der Waals surface area contributed by atoms with Gasteiger partial charge in [-0.1, -0.05) is 36.4 Å². The molecule has 1 aliphatic carbocycles. The van der Waals surface area contributed by atoms with Gasteiger partial charge in [-0.3, -0.25) is 0 Å². The average molecular weight is 235 g/mol. The van der Waals surface area contributed by atoms with Gasteiger partial charge in [0.2, 0.25) is 0 Å². The van der Waals surface area contributed by atoms with Crippen molar-refractivity contribution in [3.63, 3.8) is 0 Å². The van der Waals surface area contributed by atoms with E-state index < -0.39 is 0 Å². The Hall–Kier alpha value is -1.60. The topological polar surface area (TPSA) is 9.23 Å². The molecular weight excluding hydrogens is 220 g/mol. The number of hydrogen-bond donors (Lipinski definition) is 0. The van der Waals surface area contributed by atoms with Crippen LogP contribution in [0, 0.1) is 18.4 Å². The third-order valence-corrected chi connectivity index (χ3v) is 4.06. The van der Waals surface area contributed by atoms with Gasteiger partial charge in [0.25, 0.3) is 0 Å². The molecule has 1 saturated heterocycles. The standard InChI is InChI=1S/C17H15O/c1-2-4-13-8-16-10-17-11-18-6-5-14(17)9-15(16)7-12(13)3-1/h1-4,6-10,14,17H,5,11H2. The highest BCUT2D eigenvalue weighted by Gasteiger charge is 2.24. The van der Waals surface area contributed by atoms with Crippen molar-refractivity contribution in [3.8, 4) is 0 Å². The van der Waals surface area contributed by atoms with Crippen molar-refractivity contribution in [2.75, 3.05) is 6.61 Å². The lowest BCUT2D eigenvalue weighted by molar-refractivity contribution is 0.111. The molecule has 18 heavy (non-hydrogen) atoms. The lowest BCUT2D eigenvalue weighted by atomic mass is 9.83. The third kappa shape index (κ3) is 1.58. The zero-order chi connectivity index (χ0) is 11.9. The summed E-state index contributed by atoms with van der Waals surface area (Å²) in [6.07, 6.45) is 5.85. The summed E-state index contributed by atoms with van der Waals surface area (Å²) in [6.45, 7) is 2.78. The van der Waals surface area contributed by atoms with Crippen molar-refractivity contribution in [2.24, 2.45) is 11.8 Å². The van der Waals surface area contributed by atoms with Crippen molar-refractivity contribution in [1.82, 2.24) is 0 Å². The minimum absolute atomic E-state index is 0.545. The molecule has 0 bridgehead atoms. The summed E-state index contributed by atoms with van der Waals surface area (Å²) < 4.78 is 5.47. The summed E-state index contributed by atoms with van der Waals surface area (Å²) in [5.74, 6) is 1.16. The Morgan fingerprint density at radius 1 is 0.889 bits per heavy atom. The smallest absolute Gasteiger partial charge is 0.0843 e. The zero-order valence-corrected chi connectivity index (χ0v) is 10.2. The van der Waals surface area contributed by atoms with Crippen molar-refractivity contribution in [1.29, 1.82) is 0 Å². The van der Waals surface area contributed by atoms with Crippen molar-refractivity contribution in [3.05, 3.63) is 53.4 Å². The zero-order valence-electron chi connectivity index (χ0n) is 10.2. The predicted molar refractivity (Wildman–Crippen MR) is 74.0 cm³/mol. The summed E-state index contributed by atoms with van der Waals surface area (Å²) in [7, 11) is 0. The maximum Gasteiger partial charge on any atom is 0.0843 e. The molecule has 0 aromatic heterocycles. The molecule has 1 fully saturated rings. The van der Waals surface area contributed by atoms with Gasteiger partial charge in [-0.25, -0.2) is 0 Å². The van der Waals surface area contributed by atoms with Gasteiger partial charge in [0.05, 0.1) is 13.2 Å². The molecule has 2 aliphatic rings. The van der Waals surface area contributed by atoms with Crippen LogP contribution in [-0.2, 0) is 4.74 Å². The summed E-state index contributed by atoms with van der Waals surface area (Å²) in [5.41, 5.74) is 0. The fourth-order valence-corrected chi connectivity index (χ4v) is 3.05. The summed E-state index contributed by atoms with van der Waals surface area (Å²) in [4.78, 5) is 0. The Labute approximate surface area is 106 Å². The van der Waals surface area contributed by atoms with Crippen LogP contribution in [0.1, 0.15) is 6.42 Å². The molecule has 2 atom stereocenters. The van der Waals surface area contributed by atoms with Crippen LogP contribution >= 0.6 is 0 Å². The average Bonchev–Trinajstić information content (AvgIpc) is 2.42. The van der Waals surface area contributed by atoms with E-state index in [0.29, 0.717) is 11.8 Å². The van der Waals surface area contributed by atoms with E-state index in [4.69, 9.17) is 4.74 Å². The Morgan fingerprint density at radius 2 is 1.56 bits per heavy atom. The highest BCUT2D eigenvalue weighted by Crippen LogP contribution is 2.27. The first-order valence-electron chi connectivity index (χ1n) is 6.56. The van der Waals surface area contributed by atoms with Gasteiger partial charge in [-0.2, -0.15) is 0 Å². The van der Waals surface area contributed by atoms with E-state index in [-0.39, 0.29) is 0 Å². The largest absolute Gasteiger partial charge is 0.375 e. The van der Waals surface area contributed by atoms with E-state index in [1.165, 1.54) is 21.2 Å². The fraction of sp³-hybridized carbons (Fsp3) is 0.235. The quantitative estimate of drug-likeness (QED) is 0.680. The number of hydrogen-bond acceptors (Lipinski definition) is 1. The van der Waals surface area contributed by atoms with E-state index in [0.717, 1.165) is 13.0 Å². The highest BCUT2D eigenvalue weighted by molar-refractivity contribution is 5.83. The first kappa shape index (κ1) is 10.3. The molecule has 89 valence electrons. The third-order valence-electron chi connectivity index (χ3n) is 4.06. The van der Waals surface area contributed by atoms with Gasteiger partial charge < -0.3 is 4.74 Å². The Bertz CT molecular complexity index is 651. The second-order valence-corrected chi connectivity index (χ2v) is 5.23. The van der Waals surface area contributed by atoms with Crippen LogP contribution in [-0.4, -0.2) is 6.61 Å². The molecule has 1 radical (unpaired) electrons. The van der Waals surface area contributed by atoms with Gasteiger partial charge in [0.1, 0.15) is 0 Å². The van der Waals surface area contributed by atoms with Crippen LogP contribution in [0.2, 0.25) is 0 Å². The second kappa shape index (κ2) is 3.96. The number of benzene rings is 2. The lowest BCUT2D eigenvalue weighted by Gasteiger charge is -2.28. The molecule has 0 spiro atoms. The lowest BCUT2D eigenvalue weighted by Crippen LogP contribution is -2.36. The van der Waals surface area contributed by atoms with Crippen molar-refractivity contribution >= 4 is 22.9 Å². The van der Waals surface area contributed by atoms with Crippen molar-refractivity contribution in [2.45, 2.75) is 6.42 Å². The second-order valence-electron chi connectivity index (χ2n) is 5.23. The Balaban J connectivity index is 1.99. The molecule has 2 aromatic carbocycles. The Kier molecular flexibility index (Phi) is 2.27. The first-order valence-corrected chi connectivity index (χ1v) is 6.56. The number of ether oxygens (including phenoxy) is 1. The van der Waals surface area contributed by atoms with Crippen LogP contribution in [0.25, 0.3) is 22.9 Å². The SMILES string of the molecule is [CH]1CC2C=c3cc4ccccc4cc3=CC2CO1. The summed E-state index contributed by atoms with van der Waals surface area (Å²) in [6, 6.07) is 13.2. The highest BCUT2D eigenvalue weighted by atomic mass is 16.5. The van der Waals surface area contributed by atoms with Gasteiger partial charge in [0, 0.05) is 5.92 Å². The molecule has 0 N–H and O–H groups in total. The molecule has 2 unspecified atom stereocenters. The number of fused-ring (bicyclic) bond motifs is 3. The van der Waals surface area contributed by atoms with Gasteiger partial charge >= 0.3 is 0 Å². The molecule has 1 heterocycles. The number of rotatable bonds is 0. The minimum Gasteiger partial charge on any atom is -0.375 e. The fourth-order valence-electron chi connectivity index (χ4n) is 3.05. The van der Waals surface area contributed by atoms with Crippen LogP contribution < -0.4 is 10.4 Å². The van der Waals surface area contributed by atoms with Crippen LogP contribution in [0.4, 0.5) is 0 Å². The van der Waals surface area contributed by atoms with E-state index in [1.54, 1.807) is 0 Å². The molecule has 1 aliphatic heterocycles. The van der Waals surface area contributed by atoms with Gasteiger partial charge in [-0.05, 0) is 45.7 Å². The minimum atomic E-state index is 0.545. The predicted octanol–water partition coefficient (Wildman–Crippen LogP) is 2.23. The van der Waals surface area contributed by atoms with E-state index in [2.05, 4.69) is 48.6 Å². The maximum atomic E-state index is 5.47. The molecule has 2 aromatic rings. The van der Waals surface area contributed by atoms with Crippen LogP contribution in [0.3, 0.4) is 0 Å². The summed E-state index contributed by atoms with van der Waals surface area (Å²) >= 11 is 0. The van der Waals surface area contributed by atoms with E-state index in [9.17, 15) is 0 Å². The molecule has 1 nitrogen and oxygen atoms in total. The monoisotopic (exact) mass is 235 g/mol. The first-order chi connectivity index (χ1) is 8.90. The van der Waals surface area contributed by atoms with E-state index in [1.807, 2.05) is 6.61 Å². The maximum absolute atomic E-state index is 5.47. The molecule has 0 amide bonds. The van der Waals surface area contributed by atoms with E-state index >= 15 is 0 Å². The molecule has 4 rings (SSSR count).